The predicted molar refractivity (Wildman–Crippen MR) is 178 cm³/mol. The third-order valence-electron chi connectivity index (χ3n) is 8.32. The molecule has 0 bridgehead atoms. The molecule has 3 atom stereocenters. The number of rotatable bonds is 9. The van der Waals surface area contributed by atoms with E-state index in [0.29, 0.717) is 42.3 Å². The van der Waals surface area contributed by atoms with Crippen molar-refractivity contribution in [2.24, 2.45) is 5.92 Å². The molecule has 4 aromatic carbocycles. The Labute approximate surface area is 264 Å². The minimum absolute atomic E-state index is 0.0171. The third-order valence-corrected chi connectivity index (χ3v) is 8.32. The SMILES string of the molecule is COc1ccc(CN(C)C[C@H]2Oc3ccc(NC(=O)Nc4cccc5ccccc45)cc3CC(=O)N([C@@H](C)CO)C[C@@H]2C)cc1. The molecule has 236 valence electrons. The second-order valence-corrected chi connectivity index (χ2v) is 11.9. The van der Waals surface area contributed by atoms with Gasteiger partial charge in [-0.05, 0) is 61.3 Å². The number of benzene rings is 4. The zero-order chi connectivity index (χ0) is 31.9. The molecule has 0 spiro atoms. The minimum Gasteiger partial charge on any atom is -0.497 e. The fraction of sp³-hybridized carbons (Fsp3) is 0.333. The van der Waals surface area contributed by atoms with Crippen LogP contribution in [0.5, 0.6) is 11.5 Å². The van der Waals surface area contributed by atoms with Crippen molar-refractivity contribution in [3.8, 4) is 11.5 Å². The summed E-state index contributed by atoms with van der Waals surface area (Å²) in [6.45, 7) is 5.58. The van der Waals surface area contributed by atoms with Crippen LogP contribution in [0.15, 0.2) is 84.9 Å². The van der Waals surface area contributed by atoms with Crippen molar-refractivity contribution in [1.29, 1.82) is 0 Å². The molecule has 5 rings (SSSR count). The molecular weight excluding hydrogens is 568 g/mol. The van der Waals surface area contributed by atoms with Gasteiger partial charge in [-0.3, -0.25) is 9.69 Å². The highest BCUT2D eigenvalue weighted by Gasteiger charge is 2.31. The number of aliphatic hydroxyl groups excluding tert-OH is 1. The summed E-state index contributed by atoms with van der Waals surface area (Å²) >= 11 is 0. The Morgan fingerprint density at radius 1 is 1.07 bits per heavy atom. The Morgan fingerprint density at radius 2 is 1.82 bits per heavy atom. The summed E-state index contributed by atoms with van der Waals surface area (Å²) in [5.74, 6) is 1.31. The number of hydrogen-bond donors (Lipinski definition) is 3. The molecule has 3 N–H and O–H groups in total. The fourth-order valence-corrected chi connectivity index (χ4v) is 5.76. The van der Waals surface area contributed by atoms with Gasteiger partial charge in [-0.15, -0.1) is 0 Å². The second kappa shape index (κ2) is 14.5. The predicted octanol–water partition coefficient (Wildman–Crippen LogP) is 5.77. The van der Waals surface area contributed by atoms with Gasteiger partial charge in [0.05, 0.1) is 31.9 Å². The number of fused-ring (bicyclic) bond motifs is 2. The second-order valence-electron chi connectivity index (χ2n) is 11.9. The van der Waals surface area contributed by atoms with Crippen LogP contribution >= 0.6 is 0 Å². The average Bonchev–Trinajstić information content (AvgIpc) is 3.08. The number of urea groups is 1. The molecule has 45 heavy (non-hydrogen) atoms. The zero-order valence-electron chi connectivity index (χ0n) is 26.3. The van der Waals surface area contributed by atoms with Crippen LogP contribution in [0.25, 0.3) is 10.8 Å². The van der Waals surface area contributed by atoms with Crippen LogP contribution < -0.4 is 20.1 Å². The van der Waals surface area contributed by atoms with Crippen LogP contribution in [-0.2, 0) is 17.8 Å². The van der Waals surface area contributed by atoms with Gasteiger partial charge in [-0.25, -0.2) is 4.79 Å². The summed E-state index contributed by atoms with van der Waals surface area (Å²) in [5.41, 5.74) is 3.08. The van der Waals surface area contributed by atoms with Crippen molar-refractivity contribution in [2.45, 2.75) is 39.0 Å². The summed E-state index contributed by atoms with van der Waals surface area (Å²) in [7, 11) is 3.70. The van der Waals surface area contributed by atoms with E-state index in [0.717, 1.165) is 22.1 Å². The van der Waals surface area contributed by atoms with Crippen molar-refractivity contribution in [3.63, 3.8) is 0 Å². The van der Waals surface area contributed by atoms with Gasteiger partial charge < -0.3 is 30.1 Å². The lowest BCUT2D eigenvalue weighted by Crippen LogP contribution is -2.47. The van der Waals surface area contributed by atoms with Gasteiger partial charge in [0.1, 0.15) is 17.6 Å². The molecule has 1 aliphatic heterocycles. The molecule has 0 fully saturated rings. The molecule has 0 aliphatic carbocycles. The lowest BCUT2D eigenvalue weighted by Gasteiger charge is -2.34. The van der Waals surface area contributed by atoms with E-state index in [2.05, 4.69) is 29.5 Å². The molecule has 3 amide bonds. The lowest BCUT2D eigenvalue weighted by molar-refractivity contribution is -0.134. The van der Waals surface area contributed by atoms with Gasteiger partial charge in [-0.2, -0.15) is 0 Å². The Balaban J connectivity index is 1.36. The van der Waals surface area contributed by atoms with Crippen LogP contribution in [0, 0.1) is 5.92 Å². The van der Waals surface area contributed by atoms with E-state index in [-0.39, 0.29) is 43.0 Å². The Kier molecular flexibility index (Phi) is 10.2. The van der Waals surface area contributed by atoms with Crippen LogP contribution in [0.3, 0.4) is 0 Å². The quantitative estimate of drug-likeness (QED) is 0.222. The Bertz CT molecular complexity index is 1620. The van der Waals surface area contributed by atoms with Gasteiger partial charge in [0, 0.05) is 42.2 Å². The van der Waals surface area contributed by atoms with Crippen LogP contribution in [0.1, 0.15) is 25.0 Å². The van der Waals surface area contributed by atoms with Gasteiger partial charge >= 0.3 is 6.03 Å². The van der Waals surface area contributed by atoms with E-state index in [1.807, 2.05) is 79.7 Å². The first-order valence-corrected chi connectivity index (χ1v) is 15.3. The lowest BCUT2D eigenvalue weighted by atomic mass is 10.0. The number of nitrogens with zero attached hydrogens (tertiary/aromatic N) is 2. The van der Waals surface area contributed by atoms with E-state index in [9.17, 15) is 14.7 Å². The normalized spacial score (nSPS) is 17.5. The molecule has 9 heteroatoms. The standard InChI is InChI=1S/C36H42N4O5/c1-24-20-40(25(2)23-41)35(42)19-28-18-29(37-36(43)38-32-11-7-9-27-8-5-6-10-31(27)32)14-17-33(28)45-34(24)22-39(3)21-26-12-15-30(44-4)16-13-26/h5-18,24-25,34,41H,19-23H2,1-4H3,(H2,37,38,43)/t24-,25-,34+/m0/s1. The van der Waals surface area contributed by atoms with E-state index in [4.69, 9.17) is 9.47 Å². The van der Waals surface area contributed by atoms with Crippen LogP contribution in [-0.4, -0.2) is 72.8 Å². The zero-order valence-corrected chi connectivity index (χ0v) is 26.3. The smallest absolute Gasteiger partial charge is 0.323 e. The maximum atomic E-state index is 13.6. The molecular formula is C36H42N4O5. The van der Waals surface area contributed by atoms with E-state index in [1.54, 1.807) is 24.1 Å². The Morgan fingerprint density at radius 3 is 2.58 bits per heavy atom. The average molecular weight is 611 g/mol. The summed E-state index contributed by atoms with van der Waals surface area (Å²) in [6.07, 6.45) is -0.152. The number of amides is 3. The summed E-state index contributed by atoms with van der Waals surface area (Å²) in [6, 6.07) is 26.3. The van der Waals surface area contributed by atoms with Crippen molar-refractivity contribution in [1.82, 2.24) is 9.80 Å². The number of anilines is 2. The maximum absolute atomic E-state index is 13.6. The summed E-state index contributed by atoms with van der Waals surface area (Å²) < 4.78 is 11.9. The third kappa shape index (κ3) is 7.92. The van der Waals surface area contributed by atoms with Gasteiger partial charge in [0.2, 0.25) is 5.91 Å². The maximum Gasteiger partial charge on any atom is 0.323 e. The number of hydrogen-bond acceptors (Lipinski definition) is 6. The fourth-order valence-electron chi connectivity index (χ4n) is 5.76. The molecule has 0 aromatic heterocycles. The molecule has 9 nitrogen and oxygen atoms in total. The van der Waals surface area contributed by atoms with Gasteiger partial charge in [0.25, 0.3) is 0 Å². The highest BCUT2D eigenvalue weighted by Crippen LogP contribution is 2.30. The highest BCUT2D eigenvalue weighted by molar-refractivity contribution is 6.06. The summed E-state index contributed by atoms with van der Waals surface area (Å²) in [5, 5.41) is 17.8. The van der Waals surface area contributed by atoms with E-state index < -0.39 is 0 Å². The highest BCUT2D eigenvalue weighted by atomic mass is 16.5. The molecule has 0 unspecified atom stereocenters. The monoisotopic (exact) mass is 610 g/mol. The van der Waals surface area contributed by atoms with Crippen molar-refractivity contribution >= 4 is 34.1 Å². The number of aliphatic hydroxyl groups is 1. The number of carbonyl (C=O) groups excluding carboxylic acids is 2. The molecule has 0 saturated heterocycles. The molecule has 4 aromatic rings. The van der Waals surface area contributed by atoms with Crippen molar-refractivity contribution in [3.05, 3.63) is 96.1 Å². The number of nitrogens with one attached hydrogen (secondary N) is 2. The van der Waals surface area contributed by atoms with Crippen LogP contribution in [0.2, 0.25) is 0 Å². The minimum atomic E-state index is -0.385. The van der Waals surface area contributed by atoms with E-state index >= 15 is 0 Å². The molecule has 0 saturated carbocycles. The first-order chi connectivity index (χ1) is 21.7. The molecule has 0 radical (unpaired) electrons. The van der Waals surface area contributed by atoms with Crippen LogP contribution in [0.4, 0.5) is 16.2 Å². The van der Waals surface area contributed by atoms with Crippen molar-refractivity contribution in [2.75, 3.05) is 44.5 Å². The number of methoxy groups -OCH3 is 1. The largest absolute Gasteiger partial charge is 0.497 e. The first-order valence-electron chi connectivity index (χ1n) is 15.3. The topological polar surface area (TPSA) is 103 Å². The summed E-state index contributed by atoms with van der Waals surface area (Å²) in [4.78, 5) is 30.6. The number of carbonyl (C=O) groups is 2. The Hall–Kier alpha value is -4.60. The number of ether oxygens (including phenoxy) is 2. The van der Waals surface area contributed by atoms with Crippen molar-refractivity contribution < 1.29 is 24.2 Å². The van der Waals surface area contributed by atoms with E-state index in [1.165, 1.54) is 0 Å². The number of likely N-dealkylation sites (N-methyl/N-ethyl adjacent to an activating group) is 1. The van der Waals surface area contributed by atoms with Gasteiger partial charge in [-0.1, -0.05) is 55.5 Å². The van der Waals surface area contributed by atoms with Gasteiger partial charge in [0.15, 0.2) is 0 Å². The first kappa shape index (κ1) is 31.8. The molecule has 1 heterocycles. The molecule has 1 aliphatic rings.